The van der Waals surface area contributed by atoms with Crippen LogP contribution in [0.2, 0.25) is 0 Å². The second kappa shape index (κ2) is 5.56. The van der Waals surface area contributed by atoms with Crippen LogP contribution in [-0.4, -0.2) is 12.4 Å². The summed E-state index contributed by atoms with van der Waals surface area (Å²) in [7, 11) is 0. The Balaban J connectivity index is 3.29. The van der Waals surface area contributed by atoms with Gasteiger partial charge in [-0.25, -0.2) is 0 Å². The minimum Gasteiger partial charge on any atom is -0.434 e. The number of aryl methyl sites for hydroxylation is 1. The smallest absolute Gasteiger partial charge is 0.387 e. The fourth-order valence-electron chi connectivity index (χ4n) is 1.40. The standard InChI is InChI=1S/C11H11F2IO2/c1-3-7-4-5-8(16-11(12)13)9(6(2)15)10(7)14/h4-5,11H,3H2,1-2H3. The third-order valence-corrected chi connectivity index (χ3v) is 3.36. The van der Waals surface area contributed by atoms with E-state index in [4.69, 9.17) is 0 Å². The molecule has 0 aliphatic carbocycles. The van der Waals surface area contributed by atoms with E-state index in [2.05, 4.69) is 4.74 Å². The zero-order valence-corrected chi connectivity index (χ0v) is 11.0. The zero-order valence-electron chi connectivity index (χ0n) is 8.89. The predicted molar refractivity (Wildman–Crippen MR) is 65.2 cm³/mol. The van der Waals surface area contributed by atoms with Gasteiger partial charge >= 0.3 is 6.61 Å². The van der Waals surface area contributed by atoms with Gasteiger partial charge in [-0.05, 0) is 47.6 Å². The van der Waals surface area contributed by atoms with E-state index in [1.54, 1.807) is 6.07 Å². The molecular weight excluding hydrogens is 329 g/mol. The van der Waals surface area contributed by atoms with Gasteiger partial charge in [0.2, 0.25) is 0 Å². The summed E-state index contributed by atoms with van der Waals surface area (Å²) in [5.41, 5.74) is 1.19. The average Bonchev–Trinajstić information content (AvgIpc) is 2.16. The van der Waals surface area contributed by atoms with Crippen molar-refractivity contribution >= 4 is 28.4 Å². The number of ketones is 1. The van der Waals surface area contributed by atoms with E-state index in [1.165, 1.54) is 13.0 Å². The first kappa shape index (κ1) is 13.3. The van der Waals surface area contributed by atoms with Crippen molar-refractivity contribution in [3.63, 3.8) is 0 Å². The summed E-state index contributed by atoms with van der Waals surface area (Å²) in [6.45, 7) is 0.367. The Morgan fingerprint density at radius 1 is 1.50 bits per heavy atom. The van der Waals surface area contributed by atoms with Crippen molar-refractivity contribution in [3.8, 4) is 5.75 Å². The number of benzene rings is 1. The number of ether oxygens (including phenoxy) is 1. The number of halogens is 3. The summed E-state index contributed by atoms with van der Waals surface area (Å²) in [6.07, 6.45) is 0.744. The molecule has 0 saturated heterocycles. The molecule has 1 rings (SSSR count). The number of rotatable bonds is 4. The van der Waals surface area contributed by atoms with Crippen molar-refractivity contribution in [2.75, 3.05) is 0 Å². The van der Waals surface area contributed by atoms with E-state index in [9.17, 15) is 13.6 Å². The van der Waals surface area contributed by atoms with Gasteiger partial charge < -0.3 is 4.74 Å². The molecular formula is C11H11F2IO2. The maximum Gasteiger partial charge on any atom is 0.387 e. The van der Waals surface area contributed by atoms with Crippen LogP contribution in [-0.2, 0) is 6.42 Å². The Morgan fingerprint density at radius 3 is 2.56 bits per heavy atom. The summed E-state index contributed by atoms with van der Waals surface area (Å²) in [5.74, 6) is -0.320. The van der Waals surface area contributed by atoms with Crippen LogP contribution in [0.15, 0.2) is 12.1 Å². The van der Waals surface area contributed by atoms with Crippen LogP contribution in [0.4, 0.5) is 8.78 Å². The highest BCUT2D eigenvalue weighted by Crippen LogP contribution is 2.29. The number of carbonyl (C=O) groups is 1. The molecule has 0 aliphatic heterocycles. The van der Waals surface area contributed by atoms with Gasteiger partial charge in [0.1, 0.15) is 5.75 Å². The van der Waals surface area contributed by atoms with E-state index >= 15 is 0 Å². The Bertz CT molecular complexity index is 405. The lowest BCUT2D eigenvalue weighted by atomic mass is 10.1. The van der Waals surface area contributed by atoms with Gasteiger partial charge in [-0.2, -0.15) is 8.78 Å². The molecule has 0 fully saturated rings. The van der Waals surface area contributed by atoms with Crippen molar-refractivity contribution in [1.29, 1.82) is 0 Å². The van der Waals surface area contributed by atoms with E-state index in [-0.39, 0.29) is 17.1 Å². The quantitative estimate of drug-likeness (QED) is 0.618. The van der Waals surface area contributed by atoms with Gasteiger partial charge in [0, 0.05) is 3.57 Å². The van der Waals surface area contributed by atoms with E-state index in [1.807, 2.05) is 29.5 Å². The molecule has 16 heavy (non-hydrogen) atoms. The van der Waals surface area contributed by atoms with Crippen molar-refractivity contribution in [2.45, 2.75) is 26.9 Å². The van der Waals surface area contributed by atoms with Crippen LogP contribution in [0.1, 0.15) is 29.8 Å². The van der Waals surface area contributed by atoms with Crippen molar-refractivity contribution in [3.05, 3.63) is 26.8 Å². The first-order valence-electron chi connectivity index (χ1n) is 4.74. The van der Waals surface area contributed by atoms with Crippen LogP contribution in [0.3, 0.4) is 0 Å². The highest BCUT2D eigenvalue weighted by molar-refractivity contribution is 14.1. The maximum absolute atomic E-state index is 12.1. The number of alkyl halides is 2. The molecule has 1 aromatic rings. The zero-order chi connectivity index (χ0) is 12.3. The first-order chi connectivity index (χ1) is 7.47. The molecule has 0 heterocycles. The van der Waals surface area contributed by atoms with E-state index < -0.39 is 6.61 Å². The molecule has 0 bridgehead atoms. The maximum atomic E-state index is 12.1. The molecule has 0 aliphatic rings. The molecule has 0 spiro atoms. The number of Topliss-reactive ketones (excluding diaryl/α,β-unsaturated/α-hetero) is 1. The lowest BCUT2D eigenvalue weighted by Crippen LogP contribution is -2.09. The molecule has 0 radical (unpaired) electrons. The topological polar surface area (TPSA) is 26.3 Å². The fraction of sp³-hybridized carbons (Fsp3) is 0.364. The normalized spacial score (nSPS) is 10.6. The van der Waals surface area contributed by atoms with Crippen LogP contribution in [0, 0.1) is 3.57 Å². The second-order valence-electron chi connectivity index (χ2n) is 3.20. The Kier molecular flexibility index (Phi) is 4.64. The molecule has 0 atom stereocenters. The summed E-state index contributed by atoms with van der Waals surface area (Å²) < 4.78 is 29.3. The molecule has 0 N–H and O–H groups in total. The van der Waals surface area contributed by atoms with Gasteiger partial charge in [0.25, 0.3) is 0 Å². The molecule has 5 heteroatoms. The third kappa shape index (κ3) is 2.90. The number of hydrogen-bond acceptors (Lipinski definition) is 2. The third-order valence-electron chi connectivity index (χ3n) is 2.13. The molecule has 88 valence electrons. The van der Waals surface area contributed by atoms with Gasteiger partial charge in [0.05, 0.1) is 5.56 Å². The average molecular weight is 340 g/mol. The van der Waals surface area contributed by atoms with Crippen LogP contribution >= 0.6 is 22.6 Å². The minimum atomic E-state index is -2.92. The minimum absolute atomic E-state index is 0.0518. The Morgan fingerprint density at radius 2 is 2.12 bits per heavy atom. The first-order valence-corrected chi connectivity index (χ1v) is 5.82. The Hall–Kier alpha value is -0.720. The van der Waals surface area contributed by atoms with Gasteiger partial charge in [-0.15, -0.1) is 0 Å². The number of carbonyl (C=O) groups excluding carboxylic acids is 1. The van der Waals surface area contributed by atoms with E-state index in [0.717, 1.165) is 12.0 Å². The van der Waals surface area contributed by atoms with E-state index in [0.29, 0.717) is 3.57 Å². The highest BCUT2D eigenvalue weighted by atomic mass is 127. The van der Waals surface area contributed by atoms with Gasteiger partial charge in [0.15, 0.2) is 5.78 Å². The summed E-state index contributed by atoms with van der Waals surface area (Å²) in [5, 5.41) is 0. The SMILES string of the molecule is CCc1ccc(OC(F)F)c(C(C)=O)c1I. The number of hydrogen-bond donors (Lipinski definition) is 0. The van der Waals surface area contributed by atoms with Crippen LogP contribution in [0.25, 0.3) is 0 Å². The lowest BCUT2D eigenvalue weighted by molar-refractivity contribution is -0.0501. The molecule has 0 saturated carbocycles. The fourth-order valence-corrected chi connectivity index (χ4v) is 2.60. The highest BCUT2D eigenvalue weighted by Gasteiger charge is 2.18. The lowest BCUT2D eigenvalue weighted by Gasteiger charge is -2.12. The predicted octanol–water partition coefficient (Wildman–Crippen LogP) is 3.66. The molecule has 0 aromatic heterocycles. The monoisotopic (exact) mass is 340 g/mol. The summed E-state index contributed by atoms with van der Waals surface area (Å²) in [4.78, 5) is 11.4. The summed E-state index contributed by atoms with van der Waals surface area (Å²) >= 11 is 1.98. The molecule has 0 amide bonds. The Labute approximate surface area is 106 Å². The molecule has 1 aromatic carbocycles. The van der Waals surface area contributed by atoms with Gasteiger partial charge in [-0.1, -0.05) is 13.0 Å². The summed E-state index contributed by atoms with van der Waals surface area (Å²) in [6, 6.07) is 3.12. The molecule has 0 unspecified atom stereocenters. The van der Waals surface area contributed by atoms with Crippen molar-refractivity contribution in [2.24, 2.45) is 0 Å². The molecule has 2 nitrogen and oxygen atoms in total. The van der Waals surface area contributed by atoms with Gasteiger partial charge in [-0.3, -0.25) is 4.79 Å². The second-order valence-corrected chi connectivity index (χ2v) is 4.28. The van der Waals surface area contributed by atoms with Crippen molar-refractivity contribution in [1.82, 2.24) is 0 Å². The van der Waals surface area contributed by atoms with Crippen molar-refractivity contribution < 1.29 is 18.3 Å². The van der Waals surface area contributed by atoms with Crippen LogP contribution < -0.4 is 4.74 Å². The van der Waals surface area contributed by atoms with Crippen LogP contribution in [0.5, 0.6) is 5.75 Å². The largest absolute Gasteiger partial charge is 0.434 e.